The Kier molecular flexibility index (Phi) is 5.40. The van der Waals surface area contributed by atoms with Gasteiger partial charge in [0.05, 0.1) is 16.8 Å². The number of nitrogens with one attached hydrogen (secondary N) is 1. The van der Waals surface area contributed by atoms with Gasteiger partial charge in [0.15, 0.2) is 0 Å². The van der Waals surface area contributed by atoms with E-state index in [4.69, 9.17) is 23.2 Å². The van der Waals surface area contributed by atoms with Crippen molar-refractivity contribution in [3.05, 3.63) is 99.5 Å². The molecule has 4 rings (SSSR count). The minimum Gasteiger partial charge on any atom is -0.323 e. The van der Waals surface area contributed by atoms with Gasteiger partial charge < -0.3 is 5.32 Å². The fraction of sp³-hybridized carbons (Fsp3) is 0. The summed E-state index contributed by atoms with van der Waals surface area (Å²) in [5.41, 5.74) is 2.38. The van der Waals surface area contributed by atoms with E-state index in [0.29, 0.717) is 38.1 Å². The molecule has 1 aliphatic heterocycles. The molecule has 0 unspecified atom stereocenters. The summed E-state index contributed by atoms with van der Waals surface area (Å²) in [6, 6.07) is 18.2. The highest BCUT2D eigenvalue weighted by atomic mass is 35.5. The van der Waals surface area contributed by atoms with E-state index < -0.39 is 0 Å². The summed E-state index contributed by atoms with van der Waals surface area (Å²) in [4.78, 5) is 38.4. The third kappa shape index (κ3) is 3.85. The molecular formula is C23H14Cl2N2O3. The molecule has 3 amide bonds. The number of hydrogen-bond donors (Lipinski definition) is 1. The van der Waals surface area contributed by atoms with E-state index in [9.17, 15) is 14.4 Å². The Morgan fingerprint density at radius 3 is 2.10 bits per heavy atom. The molecule has 0 atom stereocenters. The predicted octanol–water partition coefficient (Wildman–Crippen LogP) is 5.45. The maximum absolute atomic E-state index is 12.5. The summed E-state index contributed by atoms with van der Waals surface area (Å²) in [6.45, 7) is 0. The first-order valence-corrected chi connectivity index (χ1v) is 9.71. The normalized spacial score (nSPS) is 13.1. The van der Waals surface area contributed by atoms with E-state index in [1.165, 1.54) is 6.08 Å². The molecule has 0 fully saturated rings. The summed E-state index contributed by atoms with van der Waals surface area (Å²) < 4.78 is 0. The van der Waals surface area contributed by atoms with Crippen LogP contribution in [0.1, 0.15) is 26.3 Å². The highest BCUT2D eigenvalue weighted by molar-refractivity contribution is 6.36. The lowest BCUT2D eigenvalue weighted by Gasteiger charge is -2.14. The van der Waals surface area contributed by atoms with E-state index in [2.05, 4.69) is 5.32 Å². The highest BCUT2D eigenvalue weighted by Crippen LogP contribution is 2.29. The number of rotatable bonds is 4. The van der Waals surface area contributed by atoms with Crippen LogP contribution in [0.2, 0.25) is 10.0 Å². The second kappa shape index (κ2) is 8.14. The molecule has 0 aliphatic carbocycles. The first-order chi connectivity index (χ1) is 14.4. The lowest BCUT2D eigenvalue weighted by atomic mass is 10.1. The standard InChI is InChI=1S/C23H14Cl2N2O3/c24-15-7-5-14(20(25)13-15)6-12-21(28)26-16-8-10-17(11-9-16)27-22(29)18-3-1-2-4-19(18)23(27)30/h1-13H,(H,26,28)/b12-6+. The molecule has 0 aromatic heterocycles. The number of nitrogens with zero attached hydrogens (tertiary/aromatic N) is 1. The maximum Gasteiger partial charge on any atom is 0.266 e. The topological polar surface area (TPSA) is 66.5 Å². The van der Waals surface area contributed by atoms with E-state index in [0.717, 1.165) is 4.90 Å². The number of hydrogen-bond acceptors (Lipinski definition) is 3. The molecule has 0 spiro atoms. The van der Waals surface area contributed by atoms with E-state index in [-0.39, 0.29) is 17.7 Å². The van der Waals surface area contributed by atoms with Gasteiger partial charge in [-0.25, -0.2) is 4.90 Å². The first-order valence-electron chi connectivity index (χ1n) is 8.96. The number of benzene rings is 3. The van der Waals surface area contributed by atoms with Crippen LogP contribution in [0.3, 0.4) is 0 Å². The van der Waals surface area contributed by atoms with E-state index in [1.807, 2.05) is 0 Å². The van der Waals surface area contributed by atoms with Crippen LogP contribution in [0.5, 0.6) is 0 Å². The molecule has 3 aromatic rings. The van der Waals surface area contributed by atoms with E-state index in [1.54, 1.807) is 72.8 Å². The summed E-state index contributed by atoms with van der Waals surface area (Å²) >= 11 is 11.9. The van der Waals surface area contributed by atoms with Crippen LogP contribution >= 0.6 is 23.2 Å². The molecule has 7 heteroatoms. The quantitative estimate of drug-likeness (QED) is 0.436. The number of carbonyl (C=O) groups is 3. The second-order valence-electron chi connectivity index (χ2n) is 6.53. The van der Waals surface area contributed by atoms with Crippen molar-refractivity contribution in [2.24, 2.45) is 0 Å². The molecule has 1 N–H and O–H groups in total. The lowest BCUT2D eigenvalue weighted by Crippen LogP contribution is -2.29. The van der Waals surface area contributed by atoms with Gasteiger partial charge in [-0.2, -0.15) is 0 Å². The smallest absolute Gasteiger partial charge is 0.266 e. The summed E-state index contributed by atoms with van der Waals surface area (Å²) in [5.74, 6) is -1.08. The number of halogens is 2. The first kappa shape index (κ1) is 19.9. The van der Waals surface area contributed by atoms with Crippen molar-refractivity contribution in [1.82, 2.24) is 0 Å². The van der Waals surface area contributed by atoms with Gasteiger partial charge >= 0.3 is 0 Å². The van der Waals surface area contributed by atoms with Gasteiger partial charge in [0.1, 0.15) is 0 Å². The molecule has 1 aliphatic rings. The Balaban J connectivity index is 1.45. The molecule has 0 saturated heterocycles. The van der Waals surface area contributed by atoms with Crippen molar-refractivity contribution < 1.29 is 14.4 Å². The lowest BCUT2D eigenvalue weighted by molar-refractivity contribution is -0.111. The number of carbonyl (C=O) groups excluding carboxylic acids is 3. The monoisotopic (exact) mass is 436 g/mol. The largest absolute Gasteiger partial charge is 0.323 e. The van der Waals surface area contributed by atoms with Crippen LogP contribution in [-0.4, -0.2) is 17.7 Å². The summed E-state index contributed by atoms with van der Waals surface area (Å²) in [7, 11) is 0. The average molecular weight is 437 g/mol. The SMILES string of the molecule is O=C(/C=C/c1ccc(Cl)cc1Cl)Nc1ccc(N2C(=O)c3ccccc3C2=O)cc1. The Labute approximate surface area is 182 Å². The van der Waals surface area contributed by atoms with Crippen molar-refractivity contribution in [1.29, 1.82) is 0 Å². The Hall–Kier alpha value is -3.41. The second-order valence-corrected chi connectivity index (χ2v) is 7.37. The Morgan fingerprint density at radius 2 is 1.50 bits per heavy atom. The number of anilines is 2. The summed E-state index contributed by atoms with van der Waals surface area (Å²) in [6.07, 6.45) is 2.94. The van der Waals surface area contributed by atoms with Gasteiger partial charge in [-0.3, -0.25) is 14.4 Å². The zero-order valence-electron chi connectivity index (χ0n) is 15.4. The predicted molar refractivity (Wildman–Crippen MR) is 118 cm³/mol. The van der Waals surface area contributed by atoms with Crippen LogP contribution in [0, 0.1) is 0 Å². The third-order valence-corrected chi connectivity index (χ3v) is 5.13. The van der Waals surface area contributed by atoms with Gasteiger partial charge in [-0.1, -0.05) is 41.4 Å². The van der Waals surface area contributed by atoms with Gasteiger partial charge in [0.2, 0.25) is 5.91 Å². The minimum atomic E-state index is -0.366. The fourth-order valence-corrected chi connectivity index (χ4v) is 3.58. The molecule has 148 valence electrons. The molecule has 0 bridgehead atoms. The fourth-order valence-electron chi connectivity index (χ4n) is 3.10. The van der Waals surface area contributed by atoms with Gasteiger partial charge in [0, 0.05) is 21.8 Å². The van der Waals surface area contributed by atoms with Crippen molar-refractivity contribution in [3.63, 3.8) is 0 Å². The van der Waals surface area contributed by atoms with Gasteiger partial charge in [-0.15, -0.1) is 0 Å². The summed E-state index contributed by atoms with van der Waals surface area (Å²) in [5, 5.41) is 3.67. The highest BCUT2D eigenvalue weighted by Gasteiger charge is 2.36. The van der Waals surface area contributed by atoms with Gasteiger partial charge in [0.25, 0.3) is 11.8 Å². The molecule has 1 heterocycles. The molecule has 0 radical (unpaired) electrons. The van der Waals surface area contributed by atoms with E-state index >= 15 is 0 Å². The Bertz CT molecular complexity index is 1170. The van der Waals surface area contributed by atoms with Crippen molar-refractivity contribution in [3.8, 4) is 0 Å². The molecular weight excluding hydrogens is 423 g/mol. The molecule has 0 saturated carbocycles. The number of amides is 3. The molecule has 3 aromatic carbocycles. The molecule has 5 nitrogen and oxygen atoms in total. The van der Waals surface area contributed by atoms with Crippen LogP contribution in [0.15, 0.2) is 72.8 Å². The molecule has 30 heavy (non-hydrogen) atoms. The number of imide groups is 1. The minimum absolute atomic E-state index is 0.352. The van der Waals surface area contributed by atoms with Crippen LogP contribution in [0.4, 0.5) is 11.4 Å². The van der Waals surface area contributed by atoms with Crippen molar-refractivity contribution in [2.75, 3.05) is 10.2 Å². The van der Waals surface area contributed by atoms with Crippen LogP contribution < -0.4 is 10.2 Å². The number of fused-ring (bicyclic) bond motifs is 1. The Morgan fingerprint density at radius 1 is 0.867 bits per heavy atom. The zero-order chi connectivity index (χ0) is 21.3. The maximum atomic E-state index is 12.5. The van der Waals surface area contributed by atoms with Gasteiger partial charge in [-0.05, 0) is 60.2 Å². The van der Waals surface area contributed by atoms with Crippen LogP contribution in [-0.2, 0) is 4.79 Å². The average Bonchev–Trinajstić information content (AvgIpc) is 2.99. The third-order valence-electron chi connectivity index (χ3n) is 4.56. The zero-order valence-corrected chi connectivity index (χ0v) is 16.9. The van der Waals surface area contributed by atoms with Crippen LogP contribution in [0.25, 0.3) is 6.08 Å². The van der Waals surface area contributed by atoms with Crippen molar-refractivity contribution in [2.45, 2.75) is 0 Å². The van der Waals surface area contributed by atoms with Crippen molar-refractivity contribution >= 4 is 58.4 Å².